The third-order valence-corrected chi connectivity index (χ3v) is 3.08. The Bertz CT molecular complexity index is 641. The van der Waals surface area contributed by atoms with Gasteiger partial charge in [-0.1, -0.05) is 36.4 Å². The molecule has 0 heterocycles. The standard InChI is InChI=1S/C16H16N2O3/c1-12(10-13-6-3-2-4-7-13)17-16(19)14-8-5-9-15(11-14)18(20)21/h2-9,11-12H,10H2,1H3,(H,17,19)/t12-/m1/s1. The molecule has 0 aromatic heterocycles. The summed E-state index contributed by atoms with van der Waals surface area (Å²) in [4.78, 5) is 22.3. The van der Waals surface area contributed by atoms with Crippen LogP contribution in [0.3, 0.4) is 0 Å². The number of benzene rings is 2. The van der Waals surface area contributed by atoms with Crippen LogP contribution < -0.4 is 5.32 Å². The van der Waals surface area contributed by atoms with Crippen molar-refractivity contribution >= 4 is 11.6 Å². The Labute approximate surface area is 122 Å². The lowest BCUT2D eigenvalue weighted by Gasteiger charge is -2.14. The van der Waals surface area contributed by atoms with Gasteiger partial charge in [-0.05, 0) is 25.0 Å². The summed E-state index contributed by atoms with van der Waals surface area (Å²) >= 11 is 0. The van der Waals surface area contributed by atoms with Crippen molar-refractivity contribution in [1.82, 2.24) is 5.32 Å². The lowest BCUT2D eigenvalue weighted by Crippen LogP contribution is -2.34. The first-order valence-corrected chi connectivity index (χ1v) is 6.65. The zero-order valence-corrected chi connectivity index (χ0v) is 11.7. The highest BCUT2D eigenvalue weighted by atomic mass is 16.6. The summed E-state index contributed by atoms with van der Waals surface area (Å²) in [5, 5.41) is 13.6. The Kier molecular flexibility index (Phi) is 4.66. The second-order valence-corrected chi connectivity index (χ2v) is 4.87. The summed E-state index contributed by atoms with van der Waals surface area (Å²) in [6.07, 6.45) is 0.710. The van der Waals surface area contributed by atoms with E-state index in [2.05, 4.69) is 5.32 Å². The number of carbonyl (C=O) groups excluding carboxylic acids is 1. The van der Waals surface area contributed by atoms with Crippen molar-refractivity contribution in [2.24, 2.45) is 0 Å². The lowest BCUT2D eigenvalue weighted by atomic mass is 10.1. The number of hydrogen-bond acceptors (Lipinski definition) is 3. The van der Waals surface area contributed by atoms with Gasteiger partial charge in [-0.15, -0.1) is 0 Å². The van der Waals surface area contributed by atoms with Crippen molar-refractivity contribution < 1.29 is 9.72 Å². The third-order valence-electron chi connectivity index (χ3n) is 3.08. The van der Waals surface area contributed by atoms with E-state index in [-0.39, 0.29) is 17.6 Å². The Morgan fingerprint density at radius 3 is 2.57 bits per heavy atom. The molecule has 0 radical (unpaired) electrons. The van der Waals surface area contributed by atoms with E-state index < -0.39 is 4.92 Å². The SMILES string of the molecule is C[C@H](Cc1ccccc1)NC(=O)c1cccc([N+](=O)[O-])c1. The normalized spacial score (nSPS) is 11.7. The molecule has 2 aromatic rings. The molecular weight excluding hydrogens is 268 g/mol. The van der Waals surface area contributed by atoms with Crippen LogP contribution in [0.25, 0.3) is 0 Å². The van der Waals surface area contributed by atoms with Crippen LogP contribution in [0, 0.1) is 10.1 Å². The molecule has 0 aliphatic rings. The highest BCUT2D eigenvalue weighted by Gasteiger charge is 2.13. The van der Waals surface area contributed by atoms with Crippen molar-refractivity contribution in [3.63, 3.8) is 0 Å². The summed E-state index contributed by atoms with van der Waals surface area (Å²) < 4.78 is 0. The maximum atomic E-state index is 12.1. The van der Waals surface area contributed by atoms with E-state index in [1.807, 2.05) is 37.3 Å². The Morgan fingerprint density at radius 1 is 1.19 bits per heavy atom. The molecule has 108 valence electrons. The molecule has 0 unspecified atom stereocenters. The number of amides is 1. The van der Waals surface area contributed by atoms with Crippen LogP contribution >= 0.6 is 0 Å². The minimum Gasteiger partial charge on any atom is -0.349 e. The molecular formula is C16H16N2O3. The van der Waals surface area contributed by atoms with E-state index in [0.29, 0.717) is 12.0 Å². The molecule has 2 rings (SSSR count). The Hall–Kier alpha value is -2.69. The van der Waals surface area contributed by atoms with E-state index in [9.17, 15) is 14.9 Å². The predicted molar refractivity (Wildman–Crippen MR) is 80.2 cm³/mol. The van der Waals surface area contributed by atoms with Gasteiger partial charge in [-0.25, -0.2) is 0 Å². The fourth-order valence-electron chi connectivity index (χ4n) is 2.09. The van der Waals surface area contributed by atoms with E-state index in [0.717, 1.165) is 5.56 Å². The number of nitrogens with one attached hydrogen (secondary N) is 1. The second kappa shape index (κ2) is 6.65. The van der Waals surface area contributed by atoms with Gasteiger partial charge in [0.15, 0.2) is 0 Å². The van der Waals surface area contributed by atoms with Crippen LogP contribution in [0.1, 0.15) is 22.8 Å². The number of carbonyl (C=O) groups is 1. The molecule has 2 aromatic carbocycles. The molecule has 0 saturated heterocycles. The maximum absolute atomic E-state index is 12.1. The number of hydrogen-bond donors (Lipinski definition) is 1. The molecule has 5 nitrogen and oxygen atoms in total. The molecule has 1 N–H and O–H groups in total. The lowest BCUT2D eigenvalue weighted by molar-refractivity contribution is -0.384. The van der Waals surface area contributed by atoms with Gasteiger partial charge >= 0.3 is 0 Å². The first kappa shape index (κ1) is 14.7. The molecule has 21 heavy (non-hydrogen) atoms. The zero-order chi connectivity index (χ0) is 15.2. The van der Waals surface area contributed by atoms with E-state index >= 15 is 0 Å². The van der Waals surface area contributed by atoms with Crippen molar-refractivity contribution in [2.45, 2.75) is 19.4 Å². The largest absolute Gasteiger partial charge is 0.349 e. The van der Waals surface area contributed by atoms with Gasteiger partial charge in [0.2, 0.25) is 0 Å². The van der Waals surface area contributed by atoms with E-state index in [4.69, 9.17) is 0 Å². The van der Waals surface area contributed by atoms with Gasteiger partial charge in [0.25, 0.3) is 11.6 Å². The van der Waals surface area contributed by atoms with Crippen molar-refractivity contribution in [1.29, 1.82) is 0 Å². The van der Waals surface area contributed by atoms with Crippen LogP contribution in [-0.2, 0) is 6.42 Å². The average molecular weight is 284 g/mol. The monoisotopic (exact) mass is 284 g/mol. The molecule has 0 fully saturated rings. The van der Waals surface area contributed by atoms with Crippen LogP contribution in [0.4, 0.5) is 5.69 Å². The molecule has 0 bridgehead atoms. The van der Waals surface area contributed by atoms with Gasteiger partial charge < -0.3 is 5.32 Å². The first-order chi connectivity index (χ1) is 10.1. The van der Waals surface area contributed by atoms with Gasteiger partial charge in [0.05, 0.1) is 4.92 Å². The maximum Gasteiger partial charge on any atom is 0.270 e. The van der Waals surface area contributed by atoms with Gasteiger partial charge in [-0.2, -0.15) is 0 Å². The fraction of sp³-hybridized carbons (Fsp3) is 0.188. The van der Waals surface area contributed by atoms with Crippen LogP contribution in [0.5, 0.6) is 0 Å². The van der Waals surface area contributed by atoms with E-state index in [1.54, 1.807) is 6.07 Å². The van der Waals surface area contributed by atoms with Gasteiger partial charge in [0.1, 0.15) is 0 Å². The summed E-state index contributed by atoms with van der Waals surface area (Å²) in [6.45, 7) is 1.91. The summed E-state index contributed by atoms with van der Waals surface area (Å²) in [7, 11) is 0. The summed E-state index contributed by atoms with van der Waals surface area (Å²) in [6, 6.07) is 15.5. The number of nitrogens with zero attached hydrogens (tertiary/aromatic N) is 1. The highest BCUT2D eigenvalue weighted by Crippen LogP contribution is 2.13. The summed E-state index contributed by atoms with van der Waals surface area (Å²) in [5.74, 6) is -0.304. The minimum atomic E-state index is -0.510. The molecule has 0 aliphatic heterocycles. The molecule has 5 heteroatoms. The molecule has 0 saturated carbocycles. The molecule has 0 spiro atoms. The second-order valence-electron chi connectivity index (χ2n) is 4.87. The first-order valence-electron chi connectivity index (χ1n) is 6.65. The molecule has 1 amide bonds. The third kappa shape index (κ3) is 4.14. The van der Waals surface area contributed by atoms with E-state index in [1.165, 1.54) is 18.2 Å². The average Bonchev–Trinajstić information content (AvgIpc) is 2.48. The van der Waals surface area contributed by atoms with Crippen LogP contribution in [0.2, 0.25) is 0 Å². The number of nitro groups is 1. The predicted octanol–water partition coefficient (Wildman–Crippen LogP) is 2.96. The van der Waals surface area contributed by atoms with Gasteiger partial charge in [-0.3, -0.25) is 14.9 Å². The highest BCUT2D eigenvalue weighted by molar-refractivity contribution is 5.94. The van der Waals surface area contributed by atoms with Crippen molar-refractivity contribution in [3.8, 4) is 0 Å². The number of rotatable bonds is 5. The molecule has 0 aliphatic carbocycles. The Morgan fingerprint density at radius 2 is 1.90 bits per heavy atom. The molecule has 1 atom stereocenters. The number of nitro benzene ring substituents is 1. The topological polar surface area (TPSA) is 72.2 Å². The summed E-state index contributed by atoms with van der Waals surface area (Å²) in [5.41, 5.74) is 1.34. The van der Waals surface area contributed by atoms with Crippen molar-refractivity contribution in [3.05, 3.63) is 75.8 Å². The Balaban J connectivity index is 2.01. The smallest absolute Gasteiger partial charge is 0.270 e. The van der Waals surface area contributed by atoms with Crippen molar-refractivity contribution in [2.75, 3.05) is 0 Å². The zero-order valence-electron chi connectivity index (χ0n) is 11.7. The minimum absolute atomic E-state index is 0.0563. The number of non-ortho nitro benzene ring substituents is 1. The fourth-order valence-corrected chi connectivity index (χ4v) is 2.09. The van der Waals surface area contributed by atoms with Gasteiger partial charge in [0, 0.05) is 23.7 Å². The quantitative estimate of drug-likeness (QED) is 0.677. The van der Waals surface area contributed by atoms with Crippen LogP contribution in [0.15, 0.2) is 54.6 Å². The van der Waals surface area contributed by atoms with Crippen LogP contribution in [-0.4, -0.2) is 16.9 Å².